The first-order chi connectivity index (χ1) is 9.71. The van der Waals surface area contributed by atoms with Crippen molar-refractivity contribution in [2.45, 2.75) is 0 Å². The number of fused-ring (bicyclic) bond motifs is 1. The Morgan fingerprint density at radius 1 is 1.05 bits per heavy atom. The highest BCUT2D eigenvalue weighted by atomic mass is 32.1. The number of rotatable bonds is 3. The summed E-state index contributed by atoms with van der Waals surface area (Å²) in [6.07, 6.45) is 0. The molecule has 0 amide bonds. The van der Waals surface area contributed by atoms with Gasteiger partial charge in [-0.05, 0) is 23.6 Å². The Morgan fingerprint density at radius 2 is 1.75 bits per heavy atom. The molecule has 0 saturated carbocycles. The topological polar surface area (TPSA) is 70.3 Å². The van der Waals surface area contributed by atoms with Crippen LogP contribution in [-0.2, 0) is 0 Å². The number of aromatic nitrogens is 2. The Labute approximate surface area is 120 Å². The molecule has 0 aliphatic carbocycles. The molecule has 102 valence electrons. The summed E-state index contributed by atoms with van der Waals surface area (Å²) in [5.74, 6) is 2.42. The smallest absolute Gasteiger partial charge is 0.163 e. The quantitative estimate of drug-likeness (QED) is 0.802. The number of hydrogen-bond donors (Lipinski definition) is 1. The maximum Gasteiger partial charge on any atom is 0.163 e. The molecule has 0 saturated heterocycles. The van der Waals surface area contributed by atoms with Gasteiger partial charge in [-0.25, -0.2) is 9.97 Å². The second-order valence-electron chi connectivity index (χ2n) is 4.17. The fourth-order valence-electron chi connectivity index (χ4n) is 1.94. The molecule has 5 nitrogen and oxygen atoms in total. The summed E-state index contributed by atoms with van der Waals surface area (Å²) in [6, 6.07) is 7.44. The largest absolute Gasteiger partial charge is 0.497 e. The van der Waals surface area contributed by atoms with E-state index in [-0.39, 0.29) is 0 Å². The van der Waals surface area contributed by atoms with Crippen molar-refractivity contribution in [2.75, 3.05) is 20.0 Å². The fourth-order valence-corrected chi connectivity index (χ4v) is 2.72. The van der Waals surface area contributed by atoms with Crippen LogP contribution in [0, 0.1) is 0 Å². The van der Waals surface area contributed by atoms with Crippen molar-refractivity contribution in [3.8, 4) is 22.9 Å². The van der Waals surface area contributed by atoms with E-state index in [1.165, 1.54) is 11.3 Å². The van der Waals surface area contributed by atoms with Crippen LogP contribution in [0.1, 0.15) is 0 Å². The minimum Gasteiger partial charge on any atom is -0.497 e. The number of thiophene rings is 1. The van der Waals surface area contributed by atoms with E-state index in [0.717, 1.165) is 15.8 Å². The Bertz CT molecular complexity index is 748. The van der Waals surface area contributed by atoms with E-state index in [1.54, 1.807) is 20.3 Å². The van der Waals surface area contributed by atoms with E-state index in [2.05, 4.69) is 9.97 Å². The van der Waals surface area contributed by atoms with E-state index >= 15 is 0 Å². The predicted octanol–water partition coefficient (Wildman–Crippen LogP) is 2.96. The van der Waals surface area contributed by atoms with Crippen LogP contribution in [0.5, 0.6) is 11.5 Å². The Morgan fingerprint density at radius 3 is 2.40 bits per heavy atom. The maximum absolute atomic E-state index is 5.97. The molecule has 0 spiro atoms. The predicted molar refractivity (Wildman–Crippen MR) is 80.4 cm³/mol. The average Bonchev–Trinajstić information content (AvgIpc) is 2.95. The summed E-state index contributed by atoms with van der Waals surface area (Å²) in [5, 5.41) is 2.83. The fraction of sp³-hybridized carbons (Fsp3) is 0.143. The third kappa shape index (κ3) is 2.14. The molecule has 3 aromatic rings. The number of benzene rings is 1. The van der Waals surface area contributed by atoms with Gasteiger partial charge >= 0.3 is 0 Å². The first-order valence-corrected chi connectivity index (χ1v) is 6.83. The van der Waals surface area contributed by atoms with Crippen LogP contribution in [0.15, 0.2) is 29.6 Å². The first kappa shape index (κ1) is 12.7. The highest BCUT2D eigenvalue weighted by molar-refractivity contribution is 7.16. The average molecular weight is 287 g/mol. The molecule has 0 bridgehead atoms. The standard InChI is InChI=1S/C14H13N3O2S/c1-18-9-5-8(6-10(7-9)19-2)13-16-12(15)11-3-4-20-14(11)17-13/h3-7H,1-2H3,(H2,15,16,17). The zero-order valence-corrected chi connectivity index (χ0v) is 11.9. The third-order valence-electron chi connectivity index (χ3n) is 2.96. The molecule has 1 aromatic carbocycles. The maximum atomic E-state index is 5.97. The van der Waals surface area contributed by atoms with Gasteiger partial charge in [0, 0.05) is 11.6 Å². The SMILES string of the molecule is COc1cc(OC)cc(-c2nc(N)c3ccsc3n2)c1. The van der Waals surface area contributed by atoms with E-state index in [1.807, 2.05) is 23.6 Å². The minimum absolute atomic E-state index is 0.480. The summed E-state index contributed by atoms with van der Waals surface area (Å²) < 4.78 is 10.5. The minimum atomic E-state index is 0.480. The van der Waals surface area contributed by atoms with Gasteiger partial charge in [0.25, 0.3) is 0 Å². The molecule has 0 unspecified atom stereocenters. The molecule has 2 heterocycles. The van der Waals surface area contributed by atoms with Gasteiger partial charge in [0.05, 0.1) is 19.6 Å². The molecule has 0 atom stereocenters. The van der Waals surface area contributed by atoms with Crippen molar-refractivity contribution in [1.82, 2.24) is 9.97 Å². The number of anilines is 1. The molecule has 2 N–H and O–H groups in total. The van der Waals surface area contributed by atoms with Crippen LogP contribution in [0.25, 0.3) is 21.6 Å². The number of ether oxygens (including phenoxy) is 2. The molecule has 2 aromatic heterocycles. The zero-order valence-electron chi connectivity index (χ0n) is 11.1. The Balaban J connectivity index is 2.18. The van der Waals surface area contributed by atoms with Gasteiger partial charge < -0.3 is 15.2 Å². The van der Waals surface area contributed by atoms with Gasteiger partial charge in [-0.15, -0.1) is 11.3 Å². The summed E-state index contributed by atoms with van der Waals surface area (Å²) in [4.78, 5) is 9.76. The molecule has 0 fully saturated rings. The lowest BCUT2D eigenvalue weighted by Gasteiger charge is -2.08. The molecule has 0 aliphatic heterocycles. The molecular weight excluding hydrogens is 274 g/mol. The lowest BCUT2D eigenvalue weighted by molar-refractivity contribution is 0.394. The van der Waals surface area contributed by atoms with Gasteiger partial charge in [-0.1, -0.05) is 0 Å². The van der Waals surface area contributed by atoms with Crippen molar-refractivity contribution in [3.63, 3.8) is 0 Å². The summed E-state index contributed by atoms with van der Waals surface area (Å²) in [7, 11) is 3.21. The molecule has 20 heavy (non-hydrogen) atoms. The third-order valence-corrected chi connectivity index (χ3v) is 3.77. The van der Waals surface area contributed by atoms with Crippen molar-refractivity contribution in [3.05, 3.63) is 29.6 Å². The van der Waals surface area contributed by atoms with Crippen LogP contribution in [0.3, 0.4) is 0 Å². The second-order valence-corrected chi connectivity index (χ2v) is 5.07. The molecule has 0 aliphatic rings. The van der Waals surface area contributed by atoms with Crippen molar-refractivity contribution < 1.29 is 9.47 Å². The molecule has 3 rings (SSSR count). The van der Waals surface area contributed by atoms with Crippen LogP contribution in [0.4, 0.5) is 5.82 Å². The number of nitrogens with zero attached hydrogens (tertiary/aromatic N) is 2. The Kier molecular flexibility index (Phi) is 3.15. The highest BCUT2D eigenvalue weighted by Crippen LogP contribution is 2.31. The summed E-state index contributed by atoms with van der Waals surface area (Å²) >= 11 is 1.54. The lowest BCUT2D eigenvalue weighted by atomic mass is 10.2. The number of methoxy groups -OCH3 is 2. The van der Waals surface area contributed by atoms with Gasteiger partial charge in [0.2, 0.25) is 0 Å². The molecule has 0 radical (unpaired) electrons. The van der Waals surface area contributed by atoms with Crippen molar-refractivity contribution >= 4 is 27.4 Å². The van der Waals surface area contributed by atoms with E-state index in [9.17, 15) is 0 Å². The van der Waals surface area contributed by atoms with Crippen molar-refractivity contribution in [2.24, 2.45) is 0 Å². The van der Waals surface area contributed by atoms with Crippen LogP contribution in [-0.4, -0.2) is 24.2 Å². The van der Waals surface area contributed by atoms with E-state index in [0.29, 0.717) is 23.1 Å². The second kappa shape index (κ2) is 4.97. The normalized spacial score (nSPS) is 10.7. The van der Waals surface area contributed by atoms with Gasteiger partial charge in [-0.3, -0.25) is 0 Å². The number of nitrogen functional groups attached to an aromatic ring is 1. The summed E-state index contributed by atoms with van der Waals surface area (Å²) in [5.41, 5.74) is 6.78. The van der Waals surface area contributed by atoms with Gasteiger partial charge in [-0.2, -0.15) is 0 Å². The van der Waals surface area contributed by atoms with E-state index in [4.69, 9.17) is 15.2 Å². The molecular formula is C14H13N3O2S. The Hall–Kier alpha value is -2.34. The van der Waals surface area contributed by atoms with Gasteiger partial charge in [0.15, 0.2) is 5.82 Å². The van der Waals surface area contributed by atoms with Crippen molar-refractivity contribution in [1.29, 1.82) is 0 Å². The monoisotopic (exact) mass is 287 g/mol. The van der Waals surface area contributed by atoms with Gasteiger partial charge in [0.1, 0.15) is 22.1 Å². The van der Waals surface area contributed by atoms with E-state index < -0.39 is 0 Å². The number of nitrogens with two attached hydrogens (primary N) is 1. The first-order valence-electron chi connectivity index (χ1n) is 5.95. The lowest BCUT2D eigenvalue weighted by Crippen LogP contribution is -1.97. The van der Waals surface area contributed by atoms with Crippen LogP contribution < -0.4 is 15.2 Å². The zero-order chi connectivity index (χ0) is 14.1. The number of hydrogen-bond acceptors (Lipinski definition) is 6. The summed E-state index contributed by atoms with van der Waals surface area (Å²) in [6.45, 7) is 0. The highest BCUT2D eigenvalue weighted by Gasteiger charge is 2.10. The van der Waals surface area contributed by atoms with Crippen LogP contribution in [0.2, 0.25) is 0 Å². The molecule has 6 heteroatoms. The van der Waals surface area contributed by atoms with Crippen LogP contribution >= 0.6 is 11.3 Å².